The lowest BCUT2D eigenvalue weighted by Gasteiger charge is -2.23. The van der Waals surface area contributed by atoms with Crippen LogP contribution in [0.1, 0.15) is 47.1 Å². The van der Waals surface area contributed by atoms with E-state index in [4.69, 9.17) is 16.6 Å². The fraction of sp³-hybridized carbons (Fsp3) is 0.360. The Morgan fingerprint density at radius 3 is 2.38 bits per heavy atom. The van der Waals surface area contributed by atoms with Gasteiger partial charge in [-0.1, -0.05) is 23.7 Å². The van der Waals surface area contributed by atoms with Crippen LogP contribution in [-0.4, -0.2) is 63.9 Å². The number of nitrogens with one attached hydrogen (secondary N) is 2. The number of amides is 1. The lowest BCUT2D eigenvalue weighted by Crippen LogP contribution is -2.31. The number of nitrogens with zero attached hydrogens (tertiary/aromatic N) is 5. The third kappa shape index (κ3) is 5.29. The van der Waals surface area contributed by atoms with Crippen molar-refractivity contribution in [3.05, 3.63) is 76.2 Å². The number of carbonyl (C=O) groups is 1. The maximum atomic E-state index is 13.1. The first-order valence-corrected chi connectivity index (χ1v) is 11.7. The Hall–Kier alpha value is -3.23. The van der Waals surface area contributed by atoms with Gasteiger partial charge in [0, 0.05) is 42.1 Å². The molecule has 3 aromatic rings. The number of aromatic nitrogens is 3. The zero-order valence-corrected chi connectivity index (χ0v) is 20.7. The van der Waals surface area contributed by atoms with E-state index in [0.717, 1.165) is 23.2 Å². The van der Waals surface area contributed by atoms with Gasteiger partial charge in [-0.05, 0) is 63.3 Å². The topological polar surface area (TPSA) is 86.3 Å². The summed E-state index contributed by atoms with van der Waals surface area (Å²) in [5, 5.41) is 7.54. The van der Waals surface area contributed by atoms with Gasteiger partial charge in [-0.25, -0.2) is 4.98 Å². The molecule has 1 unspecified atom stereocenters. The molecule has 8 nitrogen and oxygen atoms in total. The average Bonchev–Trinajstić information content (AvgIpc) is 3.15. The quantitative estimate of drug-likeness (QED) is 0.478. The SMILES string of the molecule is CC(C)N1Cc2c(NC(c3ccncc3)c3ccc(Cl)cc3)nc(NCCN(C)C)nc2C1=O. The van der Waals surface area contributed by atoms with Crippen molar-refractivity contribution in [2.45, 2.75) is 32.5 Å². The molecule has 0 bridgehead atoms. The van der Waals surface area contributed by atoms with Crippen molar-refractivity contribution in [1.29, 1.82) is 0 Å². The molecule has 0 radical (unpaired) electrons. The predicted molar refractivity (Wildman–Crippen MR) is 135 cm³/mol. The maximum absolute atomic E-state index is 13.1. The van der Waals surface area contributed by atoms with Crippen LogP contribution in [0.15, 0.2) is 48.8 Å². The van der Waals surface area contributed by atoms with Gasteiger partial charge in [0.05, 0.1) is 12.6 Å². The highest BCUT2D eigenvalue weighted by Crippen LogP contribution is 2.33. The number of anilines is 2. The summed E-state index contributed by atoms with van der Waals surface area (Å²) in [5.41, 5.74) is 3.31. The van der Waals surface area contributed by atoms with Crippen molar-refractivity contribution in [3.8, 4) is 0 Å². The van der Waals surface area contributed by atoms with E-state index >= 15 is 0 Å². The molecule has 34 heavy (non-hydrogen) atoms. The van der Waals surface area contributed by atoms with E-state index < -0.39 is 0 Å². The summed E-state index contributed by atoms with van der Waals surface area (Å²) in [6, 6.07) is 11.5. The average molecular weight is 480 g/mol. The van der Waals surface area contributed by atoms with Crippen molar-refractivity contribution in [2.75, 3.05) is 37.8 Å². The van der Waals surface area contributed by atoms with Crippen LogP contribution in [0.3, 0.4) is 0 Å². The van der Waals surface area contributed by atoms with E-state index in [1.165, 1.54) is 0 Å². The van der Waals surface area contributed by atoms with Crippen LogP contribution >= 0.6 is 11.6 Å². The smallest absolute Gasteiger partial charge is 0.273 e. The molecule has 1 aromatic carbocycles. The first-order valence-electron chi connectivity index (χ1n) is 11.4. The van der Waals surface area contributed by atoms with E-state index in [1.807, 2.05) is 69.2 Å². The van der Waals surface area contributed by atoms with Crippen molar-refractivity contribution in [3.63, 3.8) is 0 Å². The molecule has 2 aromatic heterocycles. The van der Waals surface area contributed by atoms with Gasteiger partial charge in [-0.15, -0.1) is 0 Å². The number of pyridine rings is 1. The van der Waals surface area contributed by atoms with Crippen molar-refractivity contribution >= 4 is 29.3 Å². The minimum atomic E-state index is -0.211. The number of rotatable bonds is 9. The Bertz CT molecular complexity index is 1140. The van der Waals surface area contributed by atoms with Gasteiger partial charge in [0.15, 0.2) is 0 Å². The number of fused-ring (bicyclic) bond motifs is 1. The molecular weight excluding hydrogens is 450 g/mol. The molecule has 3 heterocycles. The van der Waals surface area contributed by atoms with Gasteiger partial charge in [0.1, 0.15) is 11.5 Å². The van der Waals surface area contributed by atoms with Crippen LogP contribution in [0.4, 0.5) is 11.8 Å². The molecular formula is C25H30ClN7O. The zero-order chi connectivity index (χ0) is 24.2. The molecule has 4 rings (SSSR count). The molecule has 1 atom stereocenters. The van der Waals surface area contributed by atoms with Crippen LogP contribution < -0.4 is 10.6 Å². The lowest BCUT2D eigenvalue weighted by molar-refractivity contribution is 0.0726. The largest absolute Gasteiger partial charge is 0.359 e. The molecule has 2 N–H and O–H groups in total. The summed E-state index contributed by atoms with van der Waals surface area (Å²) >= 11 is 6.15. The molecule has 0 spiro atoms. The van der Waals surface area contributed by atoms with Crippen LogP contribution in [0, 0.1) is 0 Å². The fourth-order valence-electron chi connectivity index (χ4n) is 3.90. The third-order valence-corrected chi connectivity index (χ3v) is 6.04. The molecule has 178 valence electrons. The summed E-state index contributed by atoms with van der Waals surface area (Å²) in [5.74, 6) is 1.01. The first kappa shape index (κ1) is 23.9. The molecule has 0 fully saturated rings. The monoisotopic (exact) mass is 479 g/mol. The molecule has 1 amide bonds. The Kier molecular flexibility index (Phi) is 7.29. The molecule has 0 aliphatic carbocycles. The minimum absolute atomic E-state index is 0.0620. The second kappa shape index (κ2) is 10.4. The van der Waals surface area contributed by atoms with E-state index in [1.54, 1.807) is 12.4 Å². The zero-order valence-electron chi connectivity index (χ0n) is 19.9. The highest BCUT2D eigenvalue weighted by atomic mass is 35.5. The highest BCUT2D eigenvalue weighted by molar-refractivity contribution is 6.30. The Labute approximate surface area is 205 Å². The normalized spacial score (nSPS) is 14.0. The summed E-state index contributed by atoms with van der Waals surface area (Å²) in [6.07, 6.45) is 3.53. The summed E-state index contributed by atoms with van der Waals surface area (Å²) in [4.78, 5) is 30.6. The Morgan fingerprint density at radius 1 is 1.06 bits per heavy atom. The van der Waals surface area contributed by atoms with Gasteiger partial charge in [-0.3, -0.25) is 9.78 Å². The van der Waals surface area contributed by atoms with Crippen LogP contribution in [-0.2, 0) is 6.54 Å². The van der Waals surface area contributed by atoms with E-state index in [2.05, 4.69) is 25.5 Å². The number of hydrogen-bond donors (Lipinski definition) is 2. The van der Waals surface area contributed by atoms with Crippen LogP contribution in [0.2, 0.25) is 5.02 Å². The van der Waals surface area contributed by atoms with E-state index in [9.17, 15) is 4.79 Å². The van der Waals surface area contributed by atoms with Crippen LogP contribution in [0.5, 0.6) is 0 Å². The van der Waals surface area contributed by atoms with Crippen molar-refractivity contribution < 1.29 is 4.79 Å². The number of halogens is 1. The minimum Gasteiger partial charge on any atom is -0.359 e. The van der Waals surface area contributed by atoms with Crippen LogP contribution in [0.25, 0.3) is 0 Å². The van der Waals surface area contributed by atoms with E-state index in [0.29, 0.717) is 35.6 Å². The maximum Gasteiger partial charge on any atom is 0.273 e. The summed E-state index contributed by atoms with van der Waals surface area (Å²) in [7, 11) is 4.02. The second-order valence-corrected chi connectivity index (χ2v) is 9.33. The highest BCUT2D eigenvalue weighted by Gasteiger charge is 2.34. The molecule has 0 saturated heterocycles. The molecule has 9 heteroatoms. The molecule has 1 aliphatic rings. The predicted octanol–water partition coefficient (Wildman–Crippen LogP) is 4.06. The standard InChI is InChI=1S/C25H30ClN7O/c1-16(2)33-15-20-22(24(33)34)30-25(28-13-14-32(3)4)31-23(20)29-21(18-9-11-27-12-10-18)17-5-7-19(26)8-6-17/h5-12,16,21H,13-15H2,1-4H3,(H2,28,29,30,31). The first-order chi connectivity index (χ1) is 16.3. The number of likely N-dealkylation sites (N-methyl/N-ethyl adjacent to an activating group) is 1. The second-order valence-electron chi connectivity index (χ2n) is 8.89. The Balaban J connectivity index is 1.75. The number of benzene rings is 1. The van der Waals surface area contributed by atoms with Gasteiger partial charge >= 0.3 is 0 Å². The van der Waals surface area contributed by atoms with Crippen molar-refractivity contribution in [2.24, 2.45) is 0 Å². The molecule has 0 saturated carbocycles. The summed E-state index contributed by atoms with van der Waals surface area (Å²) < 4.78 is 0. The molecule has 1 aliphatic heterocycles. The van der Waals surface area contributed by atoms with Crippen molar-refractivity contribution in [1.82, 2.24) is 24.8 Å². The number of hydrogen-bond acceptors (Lipinski definition) is 7. The van der Waals surface area contributed by atoms with E-state index in [-0.39, 0.29) is 18.0 Å². The lowest BCUT2D eigenvalue weighted by atomic mass is 9.99. The third-order valence-electron chi connectivity index (χ3n) is 5.79. The van der Waals surface area contributed by atoms with Gasteiger partial charge in [0.2, 0.25) is 5.95 Å². The fourth-order valence-corrected chi connectivity index (χ4v) is 4.03. The van der Waals surface area contributed by atoms with Gasteiger partial charge in [-0.2, -0.15) is 4.98 Å². The Morgan fingerprint density at radius 2 is 1.74 bits per heavy atom. The van der Waals surface area contributed by atoms with Gasteiger partial charge in [0.25, 0.3) is 5.91 Å². The number of carbonyl (C=O) groups excluding carboxylic acids is 1. The summed E-state index contributed by atoms with van der Waals surface area (Å²) in [6.45, 7) is 5.97. The van der Waals surface area contributed by atoms with Gasteiger partial charge < -0.3 is 20.4 Å².